The Morgan fingerprint density at radius 3 is 2.70 bits per heavy atom. The first kappa shape index (κ1) is 14.6. The van der Waals surface area contributed by atoms with Gasteiger partial charge in [0.05, 0.1) is 17.4 Å². The van der Waals surface area contributed by atoms with Crippen molar-refractivity contribution in [2.75, 3.05) is 6.54 Å². The van der Waals surface area contributed by atoms with Crippen LogP contribution in [0.1, 0.15) is 23.7 Å². The molecule has 1 aromatic heterocycles. The van der Waals surface area contributed by atoms with Crippen molar-refractivity contribution in [1.82, 2.24) is 15.1 Å². The molecule has 0 bridgehead atoms. The van der Waals surface area contributed by atoms with E-state index in [0.717, 1.165) is 29.9 Å². The SMILES string of the molecule is CCNCc1cnn(-c2cccc(C(F)(F)F)c2)c1C. The summed E-state index contributed by atoms with van der Waals surface area (Å²) in [5, 5.41) is 7.34. The highest BCUT2D eigenvalue weighted by atomic mass is 19.4. The van der Waals surface area contributed by atoms with Gasteiger partial charge in [-0.3, -0.25) is 0 Å². The normalized spacial score (nSPS) is 11.8. The van der Waals surface area contributed by atoms with E-state index in [9.17, 15) is 13.2 Å². The maximum Gasteiger partial charge on any atom is 0.416 e. The number of alkyl halides is 3. The van der Waals surface area contributed by atoms with Gasteiger partial charge in [0.15, 0.2) is 0 Å². The Balaban J connectivity index is 2.35. The predicted octanol–water partition coefficient (Wildman–Crippen LogP) is 3.31. The molecular formula is C14H16F3N3. The Hall–Kier alpha value is -1.82. The number of nitrogens with one attached hydrogen (secondary N) is 1. The molecule has 0 atom stereocenters. The van der Waals surface area contributed by atoms with Crippen LogP contribution in [0.4, 0.5) is 13.2 Å². The van der Waals surface area contributed by atoms with E-state index in [1.165, 1.54) is 10.7 Å². The molecule has 0 aliphatic rings. The van der Waals surface area contributed by atoms with Crippen LogP contribution in [0.15, 0.2) is 30.5 Å². The van der Waals surface area contributed by atoms with Gasteiger partial charge < -0.3 is 5.32 Å². The van der Waals surface area contributed by atoms with Gasteiger partial charge >= 0.3 is 6.18 Å². The van der Waals surface area contributed by atoms with Gasteiger partial charge in [-0.15, -0.1) is 0 Å². The average Bonchev–Trinajstić information content (AvgIpc) is 2.77. The van der Waals surface area contributed by atoms with Gasteiger partial charge in [-0.2, -0.15) is 18.3 Å². The second kappa shape index (κ2) is 5.66. The fourth-order valence-corrected chi connectivity index (χ4v) is 1.95. The molecule has 6 heteroatoms. The van der Waals surface area contributed by atoms with Gasteiger partial charge in [0, 0.05) is 17.8 Å². The van der Waals surface area contributed by atoms with E-state index < -0.39 is 11.7 Å². The minimum absolute atomic E-state index is 0.417. The Morgan fingerprint density at radius 1 is 1.30 bits per heavy atom. The molecule has 2 rings (SSSR count). The number of benzene rings is 1. The summed E-state index contributed by atoms with van der Waals surface area (Å²) in [7, 11) is 0. The zero-order chi connectivity index (χ0) is 14.8. The Bertz CT molecular complexity index is 588. The average molecular weight is 283 g/mol. The summed E-state index contributed by atoms with van der Waals surface area (Å²) in [6.45, 7) is 5.32. The van der Waals surface area contributed by atoms with Gasteiger partial charge in [0.1, 0.15) is 0 Å². The van der Waals surface area contributed by atoms with Crippen molar-refractivity contribution in [3.63, 3.8) is 0 Å². The Kier molecular flexibility index (Phi) is 4.13. The quantitative estimate of drug-likeness (QED) is 0.933. The van der Waals surface area contributed by atoms with E-state index in [4.69, 9.17) is 0 Å². The van der Waals surface area contributed by atoms with E-state index in [2.05, 4.69) is 10.4 Å². The van der Waals surface area contributed by atoms with Gasteiger partial charge in [-0.25, -0.2) is 4.68 Å². The van der Waals surface area contributed by atoms with E-state index in [1.807, 2.05) is 13.8 Å². The molecule has 0 radical (unpaired) electrons. The van der Waals surface area contributed by atoms with Crippen LogP contribution in [0.2, 0.25) is 0 Å². The van der Waals surface area contributed by atoms with Crippen LogP contribution in [-0.4, -0.2) is 16.3 Å². The molecule has 0 amide bonds. The van der Waals surface area contributed by atoms with Crippen LogP contribution in [0.3, 0.4) is 0 Å². The Labute approximate surface area is 115 Å². The van der Waals surface area contributed by atoms with Gasteiger partial charge in [-0.05, 0) is 31.7 Å². The van der Waals surface area contributed by atoms with E-state index in [1.54, 1.807) is 12.3 Å². The lowest BCUT2D eigenvalue weighted by Crippen LogP contribution is -2.12. The molecule has 0 fully saturated rings. The molecule has 0 saturated heterocycles. The molecular weight excluding hydrogens is 267 g/mol. The van der Waals surface area contributed by atoms with E-state index >= 15 is 0 Å². The molecule has 0 aliphatic heterocycles. The monoisotopic (exact) mass is 283 g/mol. The fourth-order valence-electron chi connectivity index (χ4n) is 1.95. The molecule has 3 nitrogen and oxygen atoms in total. The zero-order valence-electron chi connectivity index (χ0n) is 11.3. The standard InChI is InChI=1S/C14H16F3N3/c1-3-18-8-11-9-19-20(10(11)2)13-6-4-5-12(7-13)14(15,16)17/h4-7,9,18H,3,8H2,1-2H3. The molecule has 1 aromatic carbocycles. The lowest BCUT2D eigenvalue weighted by molar-refractivity contribution is -0.137. The second-order valence-corrected chi connectivity index (χ2v) is 4.50. The molecule has 1 heterocycles. The lowest BCUT2D eigenvalue weighted by Gasteiger charge is -2.10. The smallest absolute Gasteiger partial charge is 0.313 e. The minimum Gasteiger partial charge on any atom is -0.313 e. The van der Waals surface area contributed by atoms with Crippen LogP contribution >= 0.6 is 0 Å². The van der Waals surface area contributed by atoms with E-state index in [-0.39, 0.29) is 0 Å². The summed E-state index contributed by atoms with van der Waals surface area (Å²) in [4.78, 5) is 0. The highest BCUT2D eigenvalue weighted by Crippen LogP contribution is 2.30. The third kappa shape index (κ3) is 3.01. The summed E-state index contributed by atoms with van der Waals surface area (Å²) >= 11 is 0. The summed E-state index contributed by atoms with van der Waals surface area (Å²) in [5.74, 6) is 0. The highest BCUT2D eigenvalue weighted by molar-refractivity contribution is 5.39. The van der Waals surface area contributed by atoms with Crippen molar-refractivity contribution in [2.45, 2.75) is 26.6 Å². The molecule has 20 heavy (non-hydrogen) atoms. The second-order valence-electron chi connectivity index (χ2n) is 4.50. The number of hydrogen-bond donors (Lipinski definition) is 1. The number of rotatable bonds is 4. The molecule has 0 spiro atoms. The molecule has 0 saturated carbocycles. The van der Waals surface area contributed by atoms with Crippen molar-refractivity contribution in [3.8, 4) is 5.69 Å². The molecule has 0 unspecified atom stereocenters. The van der Waals surface area contributed by atoms with Crippen LogP contribution < -0.4 is 5.32 Å². The Morgan fingerprint density at radius 2 is 2.05 bits per heavy atom. The molecule has 1 N–H and O–H groups in total. The maximum absolute atomic E-state index is 12.7. The van der Waals surface area contributed by atoms with Crippen LogP contribution in [0, 0.1) is 6.92 Å². The van der Waals surface area contributed by atoms with Crippen LogP contribution in [-0.2, 0) is 12.7 Å². The molecule has 0 aliphatic carbocycles. The highest BCUT2D eigenvalue weighted by Gasteiger charge is 2.30. The van der Waals surface area contributed by atoms with Crippen molar-refractivity contribution in [2.24, 2.45) is 0 Å². The van der Waals surface area contributed by atoms with Gasteiger partial charge in [-0.1, -0.05) is 13.0 Å². The first-order valence-electron chi connectivity index (χ1n) is 6.35. The largest absolute Gasteiger partial charge is 0.416 e. The number of halogens is 3. The minimum atomic E-state index is -4.34. The maximum atomic E-state index is 12.7. The van der Waals surface area contributed by atoms with Crippen LogP contribution in [0.5, 0.6) is 0 Å². The molecule has 108 valence electrons. The number of hydrogen-bond acceptors (Lipinski definition) is 2. The third-order valence-corrected chi connectivity index (χ3v) is 3.09. The van der Waals surface area contributed by atoms with Crippen molar-refractivity contribution >= 4 is 0 Å². The predicted molar refractivity (Wildman–Crippen MR) is 70.7 cm³/mol. The van der Waals surface area contributed by atoms with Gasteiger partial charge in [0.2, 0.25) is 0 Å². The zero-order valence-corrected chi connectivity index (χ0v) is 11.3. The molecule has 2 aromatic rings. The first-order chi connectivity index (χ1) is 9.43. The summed E-state index contributed by atoms with van der Waals surface area (Å²) < 4.78 is 39.7. The van der Waals surface area contributed by atoms with Crippen molar-refractivity contribution in [1.29, 1.82) is 0 Å². The third-order valence-electron chi connectivity index (χ3n) is 3.09. The van der Waals surface area contributed by atoms with Crippen molar-refractivity contribution < 1.29 is 13.2 Å². The van der Waals surface area contributed by atoms with Crippen molar-refractivity contribution in [3.05, 3.63) is 47.3 Å². The van der Waals surface area contributed by atoms with Crippen LogP contribution in [0.25, 0.3) is 5.69 Å². The summed E-state index contributed by atoms with van der Waals surface area (Å²) in [6, 6.07) is 5.18. The number of nitrogens with zero attached hydrogens (tertiary/aromatic N) is 2. The number of aromatic nitrogens is 2. The summed E-state index contributed by atoms with van der Waals surface area (Å²) in [6.07, 6.45) is -2.66. The van der Waals surface area contributed by atoms with Gasteiger partial charge in [0.25, 0.3) is 0 Å². The lowest BCUT2D eigenvalue weighted by atomic mass is 10.2. The topological polar surface area (TPSA) is 29.9 Å². The first-order valence-corrected chi connectivity index (χ1v) is 6.35. The summed E-state index contributed by atoms with van der Waals surface area (Å²) in [5.41, 5.74) is 1.56. The fraction of sp³-hybridized carbons (Fsp3) is 0.357. The van der Waals surface area contributed by atoms with E-state index in [0.29, 0.717) is 12.2 Å².